The number of carbonyl (C=O) groups is 1. The molecule has 1 aromatic rings. The van der Waals surface area contributed by atoms with Gasteiger partial charge in [0.2, 0.25) is 0 Å². The number of ketones is 1. The maximum Gasteiger partial charge on any atom is 0.288 e. The van der Waals surface area contributed by atoms with E-state index in [2.05, 4.69) is 20.9 Å². The van der Waals surface area contributed by atoms with Gasteiger partial charge in [-0.3, -0.25) is 14.9 Å². The number of pyridine rings is 1. The fraction of sp³-hybridized carbons (Fsp3) is 0.500. The van der Waals surface area contributed by atoms with Crippen LogP contribution < -0.4 is 4.90 Å². The fourth-order valence-electron chi connectivity index (χ4n) is 2.26. The molecule has 0 aromatic carbocycles. The van der Waals surface area contributed by atoms with E-state index in [-0.39, 0.29) is 11.7 Å². The van der Waals surface area contributed by atoms with E-state index in [1.54, 1.807) is 0 Å². The lowest BCUT2D eigenvalue weighted by molar-refractivity contribution is -0.385. The van der Waals surface area contributed by atoms with Gasteiger partial charge in [0.25, 0.3) is 5.69 Å². The van der Waals surface area contributed by atoms with Crippen LogP contribution in [0.3, 0.4) is 0 Å². The third-order valence-corrected chi connectivity index (χ3v) is 4.00. The van der Waals surface area contributed by atoms with E-state index < -0.39 is 4.92 Å². The molecule has 1 aliphatic rings. The molecule has 0 saturated heterocycles. The number of Topliss-reactive ketones (excluding diaryl/α,β-unsaturated/α-hetero) is 1. The average molecular weight is 328 g/mol. The van der Waals surface area contributed by atoms with E-state index in [0.29, 0.717) is 28.9 Å². The minimum absolute atomic E-state index is 0.0390. The first-order valence-corrected chi connectivity index (χ1v) is 6.83. The van der Waals surface area contributed by atoms with E-state index in [9.17, 15) is 14.9 Å². The third-order valence-electron chi connectivity index (χ3n) is 3.41. The molecule has 0 N–H and O–H groups in total. The van der Waals surface area contributed by atoms with Crippen molar-refractivity contribution in [3.8, 4) is 0 Å². The number of hydrogen-bond donors (Lipinski definition) is 0. The quantitative estimate of drug-likeness (QED) is 0.630. The molecule has 1 fully saturated rings. The summed E-state index contributed by atoms with van der Waals surface area (Å²) in [5.74, 6) is 0.977. The first-order valence-electron chi connectivity index (χ1n) is 6.03. The van der Waals surface area contributed by atoms with Crippen LogP contribution in [-0.4, -0.2) is 28.8 Å². The molecule has 6 nitrogen and oxygen atoms in total. The lowest BCUT2D eigenvalue weighted by Gasteiger charge is -2.32. The van der Waals surface area contributed by atoms with Crippen molar-refractivity contribution in [2.24, 2.45) is 0 Å². The molecule has 0 radical (unpaired) electrons. The molecule has 1 saturated carbocycles. The van der Waals surface area contributed by atoms with Gasteiger partial charge in [-0.2, -0.15) is 0 Å². The molecule has 1 heterocycles. The second-order valence-electron chi connectivity index (χ2n) is 4.64. The van der Waals surface area contributed by atoms with Crippen LogP contribution in [0.15, 0.2) is 16.7 Å². The number of rotatable bonds is 3. The van der Waals surface area contributed by atoms with E-state index in [4.69, 9.17) is 0 Å². The van der Waals surface area contributed by atoms with Gasteiger partial charge in [-0.1, -0.05) is 0 Å². The molecule has 1 aromatic heterocycles. The van der Waals surface area contributed by atoms with Gasteiger partial charge >= 0.3 is 0 Å². The Balaban J connectivity index is 2.17. The largest absolute Gasteiger partial charge is 0.356 e. The summed E-state index contributed by atoms with van der Waals surface area (Å²) in [6.45, 7) is 0. The fourth-order valence-corrected chi connectivity index (χ4v) is 2.88. The zero-order chi connectivity index (χ0) is 14.0. The Hall–Kier alpha value is -1.50. The van der Waals surface area contributed by atoms with Gasteiger partial charge in [0.05, 0.1) is 9.40 Å². The van der Waals surface area contributed by atoms with Crippen molar-refractivity contribution in [1.82, 2.24) is 4.98 Å². The Bertz CT molecular complexity index is 511. The van der Waals surface area contributed by atoms with Gasteiger partial charge in [-0.15, -0.1) is 0 Å². The highest BCUT2D eigenvalue weighted by Gasteiger charge is 2.24. The molecule has 7 heteroatoms. The second-order valence-corrected chi connectivity index (χ2v) is 5.49. The van der Waals surface area contributed by atoms with Crippen LogP contribution in [0.25, 0.3) is 0 Å². The highest BCUT2D eigenvalue weighted by molar-refractivity contribution is 9.10. The number of halogens is 1. The summed E-state index contributed by atoms with van der Waals surface area (Å²) >= 11 is 3.32. The number of nitro groups is 1. The van der Waals surface area contributed by atoms with Crippen LogP contribution in [0.1, 0.15) is 25.7 Å². The van der Waals surface area contributed by atoms with Crippen molar-refractivity contribution in [2.45, 2.75) is 31.7 Å². The molecule has 0 bridgehead atoms. The summed E-state index contributed by atoms with van der Waals surface area (Å²) in [6, 6.07) is 1.70. The summed E-state index contributed by atoms with van der Waals surface area (Å²) in [6.07, 6.45) is 4.06. The van der Waals surface area contributed by atoms with Gasteiger partial charge in [0.15, 0.2) is 0 Å². The minimum Gasteiger partial charge on any atom is -0.356 e. The van der Waals surface area contributed by atoms with Crippen LogP contribution in [-0.2, 0) is 4.79 Å². The van der Waals surface area contributed by atoms with Crippen LogP contribution >= 0.6 is 15.9 Å². The Labute approximate surface area is 119 Å². The first-order chi connectivity index (χ1) is 8.99. The summed E-state index contributed by atoms with van der Waals surface area (Å²) < 4.78 is 0.598. The number of hydrogen-bond acceptors (Lipinski definition) is 5. The van der Waals surface area contributed by atoms with Crippen LogP contribution in [0, 0.1) is 10.1 Å². The first kappa shape index (κ1) is 13.9. The van der Waals surface area contributed by atoms with Crippen molar-refractivity contribution in [3.63, 3.8) is 0 Å². The van der Waals surface area contributed by atoms with Gasteiger partial charge in [0, 0.05) is 32.0 Å². The van der Waals surface area contributed by atoms with Crippen LogP contribution in [0.2, 0.25) is 0 Å². The zero-order valence-electron chi connectivity index (χ0n) is 10.5. The molecule has 0 amide bonds. The molecule has 1 aliphatic carbocycles. The predicted molar refractivity (Wildman–Crippen MR) is 74.3 cm³/mol. The number of anilines is 1. The normalized spacial score (nSPS) is 16.4. The Morgan fingerprint density at radius 2 is 2.11 bits per heavy atom. The van der Waals surface area contributed by atoms with E-state index in [1.807, 2.05) is 11.9 Å². The number of aromatic nitrogens is 1. The van der Waals surface area contributed by atoms with Crippen LogP contribution in [0.5, 0.6) is 0 Å². The molecule has 0 spiro atoms. The summed E-state index contributed by atoms with van der Waals surface area (Å²) in [7, 11) is 1.90. The summed E-state index contributed by atoms with van der Waals surface area (Å²) in [4.78, 5) is 27.6. The van der Waals surface area contributed by atoms with E-state index >= 15 is 0 Å². The second kappa shape index (κ2) is 5.64. The Morgan fingerprint density at radius 3 is 2.63 bits per heavy atom. The molecule has 0 aliphatic heterocycles. The number of nitrogens with zero attached hydrogens (tertiary/aromatic N) is 3. The smallest absolute Gasteiger partial charge is 0.288 e. The predicted octanol–water partition coefficient (Wildman–Crippen LogP) is 2.70. The van der Waals surface area contributed by atoms with Crippen molar-refractivity contribution in [1.29, 1.82) is 0 Å². The van der Waals surface area contributed by atoms with Gasteiger partial charge < -0.3 is 4.90 Å². The lowest BCUT2D eigenvalue weighted by Crippen LogP contribution is -2.36. The van der Waals surface area contributed by atoms with Crippen LogP contribution in [0.4, 0.5) is 11.5 Å². The molecular weight excluding hydrogens is 314 g/mol. The molecule has 0 unspecified atom stereocenters. The van der Waals surface area contributed by atoms with Gasteiger partial charge in [0.1, 0.15) is 17.8 Å². The maximum atomic E-state index is 11.2. The Kier molecular flexibility index (Phi) is 4.14. The highest BCUT2D eigenvalue weighted by atomic mass is 79.9. The Morgan fingerprint density at radius 1 is 1.47 bits per heavy atom. The summed E-state index contributed by atoms with van der Waals surface area (Å²) in [5.41, 5.74) is -0.0390. The zero-order valence-corrected chi connectivity index (χ0v) is 12.1. The van der Waals surface area contributed by atoms with E-state index in [1.165, 1.54) is 12.3 Å². The van der Waals surface area contributed by atoms with Crippen molar-refractivity contribution >= 4 is 33.2 Å². The van der Waals surface area contributed by atoms with Crippen molar-refractivity contribution < 1.29 is 9.72 Å². The molecule has 2 rings (SSSR count). The topological polar surface area (TPSA) is 76.3 Å². The third kappa shape index (κ3) is 3.09. The SMILES string of the molecule is CN(c1ncc([N+](=O)[O-])cc1Br)C1CCC(=O)CC1. The molecule has 19 heavy (non-hydrogen) atoms. The molecular formula is C12H14BrN3O3. The number of carbonyl (C=O) groups excluding carboxylic acids is 1. The summed E-state index contributed by atoms with van der Waals surface area (Å²) in [5, 5.41) is 10.7. The monoisotopic (exact) mass is 327 g/mol. The van der Waals surface area contributed by atoms with Crippen molar-refractivity contribution in [2.75, 3.05) is 11.9 Å². The molecule has 0 atom stereocenters. The van der Waals surface area contributed by atoms with E-state index in [0.717, 1.165) is 12.8 Å². The maximum absolute atomic E-state index is 11.2. The molecule has 102 valence electrons. The minimum atomic E-state index is -0.471. The average Bonchev–Trinajstić information content (AvgIpc) is 2.38. The standard InChI is InChI=1S/C12H14BrN3O3/c1-15(8-2-4-10(17)5-3-8)12-11(13)6-9(7-14-12)16(18)19/h6-8H,2-5H2,1H3. The van der Waals surface area contributed by atoms with Crippen molar-refractivity contribution in [3.05, 3.63) is 26.9 Å². The highest BCUT2D eigenvalue weighted by Crippen LogP contribution is 2.30. The van der Waals surface area contributed by atoms with Gasteiger partial charge in [-0.25, -0.2) is 4.98 Å². The van der Waals surface area contributed by atoms with Gasteiger partial charge in [-0.05, 0) is 28.8 Å². The lowest BCUT2D eigenvalue weighted by atomic mass is 9.93.